The second kappa shape index (κ2) is 7.58. The topological polar surface area (TPSA) is 84.4 Å². The third-order valence-electron chi connectivity index (χ3n) is 4.70. The number of hydrazine groups is 1. The summed E-state index contributed by atoms with van der Waals surface area (Å²) in [4.78, 5) is 0. The van der Waals surface area contributed by atoms with Gasteiger partial charge in [0.05, 0.1) is 16.4 Å². The van der Waals surface area contributed by atoms with Crippen LogP contribution in [0.5, 0.6) is 0 Å². The highest BCUT2D eigenvalue weighted by atomic mass is 32.2. The largest absolute Gasteiger partial charge is 0.416 e. The Balaban J connectivity index is 2.43. The summed E-state index contributed by atoms with van der Waals surface area (Å²) in [5.41, 5.74) is 6.51. The standard InChI is InChI=1S/C17H25F3N4OS/c1-11-8-16(26(3)25,9-15(23-11)14(21)10-24(2)22)12-4-6-13(7-5-12)17(18,19)20/h4-7,10-11,15,23H,8-9,21-22H2,1-3H3/b14-10-/t11-,15-,16-,26?/m0/s1. The monoisotopic (exact) mass is 390 g/mol. The molecule has 0 radical (unpaired) electrons. The molecule has 0 bridgehead atoms. The molecule has 9 heteroatoms. The molecule has 1 aliphatic rings. The molecule has 0 aliphatic carbocycles. The van der Waals surface area contributed by atoms with Crippen molar-refractivity contribution in [3.63, 3.8) is 0 Å². The Labute approximate surface area is 154 Å². The summed E-state index contributed by atoms with van der Waals surface area (Å²) in [5.74, 6) is 5.61. The molecular weight excluding hydrogens is 365 g/mol. The molecule has 1 heterocycles. The zero-order valence-corrected chi connectivity index (χ0v) is 15.8. The first-order valence-corrected chi connectivity index (χ1v) is 9.73. The van der Waals surface area contributed by atoms with Crippen LogP contribution in [0.4, 0.5) is 13.2 Å². The van der Waals surface area contributed by atoms with E-state index in [1.165, 1.54) is 17.1 Å². The van der Waals surface area contributed by atoms with Crippen molar-refractivity contribution in [1.82, 2.24) is 10.3 Å². The predicted molar refractivity (Wildman–Crippen MR) is 97.0 cm³/mol. The number of nitrogens with two attached hydrogens (primary N) is 2. The van der Waals surface area contributed by atoms with E-state index in [0.717, 1.165) is 12.1 Å². The molecule has 1 fully saturated rings. The SMILES string of the molecule is C[C@H]1C[C@](c2ccc(C(F)(F)F)cc2)(S(C)=O)C[C@@H](/C(N)=C/N(C)N)N1. The minimum Gasteiger partial charge on any atom is -0.400 e. The van der Waals surface area contributed by atoms with Crippen LogP contribution in [0, 0.1) is 0 Å². The number of nitrogens with zero attached hydrogens (tertiary/aromatic N) is 1. The summed E-state index contributed by atoms with van der Waals surface area (Å²) < 4.78 is 50.5. The van der Waals surface area contributed by atoms with E-state index in [-0.39, 0.29) is 12.1 Å². The van der Waals surface area contributed by atoms with Crippen LogP contribution in [-0.2, 0) is 21.7 Å². The lowest BCUT2D eigenvalue weighted by molar-refractivity contribution is -0.137. The average molecular weight is 390 g/mol. The molecule has 4 atom stereocenters. The van der Waals surface area contributed by atoms with Gasteiger partial charge in [0.25, 0.3) is 0 Å². The van der Waals surface area contributed by atoms with E-state index in [9.17, 15) is 17.4 Å². The molecule has 1 aromatic carbocycles. The van der Waals surface area contributed by atoms with Crippen molar-refractivity contribution in [2.75, 3.05) is 13.3 Å². The molecule has 2 rings (SSSR count). The number of hydrogen-bond acceptors (Lipinski definition) is 5. The highest BCUT2D eigenvalue weighted by molar-refractivity contribution is 7.85. The second-order valence-corrected chi connectivity index (χ2v) is 8.54. The number of hydrogen-bond donors (Lipinski definition) is 3. The van der Waals surface area contributed by atoms with Gasteiger partial charge in [0, 0.05) is 42.0 Å². The van der Waals surface area contributed by atoms with Gasteiger partial charge in [0.2, 0.25) is 0 Å². The van der Waals surface area contributed by atoms with Crippen molar-refractivity contribution < 1.29 is 17.4 Å². The lowest BCUT2D eigenvalue weighted by Crippen LogP contribution is -2.54. The molecule has 0 amide bonds. The summed E-state index contributed by atoms with van der Waals surface area (Å²) in [6, 6.07) is 4.63. The first-order valence-electron chi connectivity index (χ1n) is 8.18. The van der Waals surface area contributed by atoms with Gasteiger partial charge in [-0.2, -0.15) is 13.2 Å². The molecule has 26 heavy (non-hydrogen) atoms. The van der Waals surface area contributed by atoms with Gasteiger partial charge in [-0.1, -0.05) is 12.1 Å². The molecule has 0 spiro atoms. The summed E-state index contributed by atoms with van der Waals surface area (Å²) in [6.07, 6.45) is -0.306. The van der Waals surface area contributed by atoms with Crippen LogP contribution in [0.2, 0.25) is 0 Å². The Morgan fingerprint density at radius 1 is 1.35 bits per heavy atom. The fraction of sp³-hybridized carbons (Fsp3) is 0.529. The highest BCUT2D eigenvalue weighted by Gasteiger charge is 2.44. The number of piperidine rings is 1. The summed E-state index contributed by atoms with van der Waals surface area (Å²) in [7, 11) is 0.330. The maximum absolute atomic E-state index is 12.9. The van der Waals surface area contributed by atoms with Crippen LogP contribution in [-0.4, -0.2) is 34.6 Å². The predicted octanol–water partition coefficient (Wildman–Crippen LogP) is 2.03. The fourth-order valence-electron chi connectivity index (χ4n) is 3.51. The summed E-state index contributed by atoms with van der Waals surface area (Å²) in [5, 5.41) is 4.68. The van der Waals surface area contributed by atoms with Crippen LogP contribution in [0.25, 0.3) is 0 Å². The van der Waals surface area contributed by atoms with Crippen molar-refractivity contribution in [3.8, 4) is 0 Å². The Morgan fingerprint density at radius 2 is 1.92 bits per heavy atom. The van der Waals surface area contributed by atoms with Gasteiger partial charge in [0.15, 0.2) is 0 Å². The lowest BCUT2D eigenvalue weighted by Gasteiger charge is -2.44. The Kier molecular flexibility index (Phi) is 6.04. The smallest absolute Gasteiger partial charge is 0.400 e. The van der Waals surface area contributed by atoms with Gasteiger partial charge in [-0.25, -0.2) is 5.84 Å². The van der Waals surface area contributed by atoms with E-state index in [0.29, 0.717) is 24.1 Å². The second-order valence-electron chi connectivity index (χ2n) is 6.85. The molecule has 1 aliphatic heterocycles. The lowest BCUT2D eigenvalue weighted by atomic mass is 9.81. The number of halogens is 3. The van der Waals surface area contributed by atoms with Crippen molar-refractivity contribution in [1.29, 1.82) is 0 Å². The van der Waals surface area contributed by atoms with E-state index >= 15 is 0 Å². The molecule has 0 aromatic heterocycles. The number of alkyl halides is 3. The van der Waals surface area contributed by atoms with Gasteiger partial charge >= 0.3 is 6.18 Å². The quantitative estimate of drug-likeness (QED) is 0.541. The molecule has 5 N–H and O–H groups in total. The van der Waals surface area contributed by atoms with E-state index in [2.05, 4.69) is 5.32 Å². The van der Waals surface area contributed by atoms with Crippen molar-refractivity contribution >= 4 is 10.8 Å². The normalized spacial score (nSPS) is 28.7. The Hall–Kier alpha value is -1.58. The van der Waals surface area contributed by atoms with Gasteiger partial charge in [-0.05, 0) is 37.5 Å². The average Bonchev–Trinajstić information content (AvgIpc) is 2.52. The number of nitrogens with one attached hydrogen (secondary N) is 1. The Bertz CT molecular complexity index is 690. The molecule has 1 unspecified atom stereocenters. The fourth-order valence-corrected chi connectivity index (χ4v) is 4.86. The third kappa shape index (κ3) is 4.39. The first-order chi connectivity index (χ1) is 12.0. The van der Waals surface area contributed by atoms with Crippen LogP contribution in [0.3, 0.4) is 0 Å². The maximum Gasteiger partial charge on any atom is 0.416 e. The summed E-state index contributed by atoms with van der Waals surface area (Å²) in [6.45, 7) is 1.94. The maximum atomic E-state index is 12.9. The molecule has 1 aromatic rings. The van der Waals surface area contributed by atoms with E-state index < -0.39 is 27.3 Å². The third-order valence-corrected chi connectivity index (χ3v) is 6.37. The summed E-state index contributed by atoms with van der Waals surface area (Å²) >= 11 is 0. The van der Waals surface area contributed by atoms with Gasteiger partial charge in [-0.15, -0.1) is 0 Å². The molecule has 1 saturated heterocycles. The van der Waals surface area contributed by atoms with Gasteiger partial charge in [0.1, 0.15) is 0 Å². The van der Waals surface area contributed by atoms with Crippen LogP contribution in [0.1, 0.15) is 30.9 Å². The molecular formula is C17H25F3N4OS. The van der Waals surface area contributed by atoms with Gasteiger partial charge < -0.3 is 16.1 Å². The van der Waals surface area contributed by atoms with Crippen LogP contribution >= 0.6 is 0 Å². The van der Waals surface area contributed by atoms with Crippen LogP contribution in [0.15, 0.2) is 36.2 Å². The van der Waals surface area contributed by atoms with Crippen molar-refractivity contribution in [3.05, 3.63) is 47.3 Å². The van der Waals surface area contributed by atoms with Crippen LogP contribution < -0.4 is 16.9 Å². The van der Waals surface area contributed by atoms with Crippen molar-refractivity contribution in [2.24, 2.45) is 11.6 Å². The Morgan fingerprint density at radius 3 is 2.38 bits per heavy atom. The minimum absolute atomic E-state index is 0.0185. The van der Waals surface area contributed by atoms with Gasteiger partial charge in [-0.3, -0.25) is 4.21 Å². The zero-order chi connectivity index (χ0) is 19.7. The molecule has 146 valence electrons. The highest BCUT2D eigenvalue weighted by Crippen LogP contribution is 2.42. The zero-order valence-electron chi connectivity index (χ0n) is 15.0. The van der Waals surface area contributed by atoms with E-state index in [1.54, 1.807) is 19.5 Å². The minimum atomic E-state index is -4.40. The van der Waals surface area contributed by atoms with E-state index in [4.69, 9.17) is 11.6 Å². The molecule has 0 saturated carbocycles. The number of benzene rings is 1. The van der Waals surface area contributed by atoms with Crippen molar-refractivity contribution in [2.45, 2.75) is 42.8 Å². The molecule has 5 nitrogen and oxygen atoms in total. The van der Waals surface area contributed by atoms with E-state index in [1.807, 2.05) is 6.92 Å². The first kappa shape index (κ1) is 20.7. The number of rotatable bonds is 4.